The first-order chi connectivity index (χ1) is 12.6. The van der Waals surface area contributed by atoms with Gasteiger partial charge >= 0.3 is 0 Å². The molecule has 1 aliphatic rings. The van der Waals surface area contributed by atoms with Crippen LogP contribution in [0.1, 0.15) is 12.8 Å². The maximum absolute atomic E-state index is 14.4. The molecule has 3 aromatic rings. The second-order valence-electron chi connectivity index (χ2n) is 6.47. The van der Waals surface area contributed by atoms with Crippen molar-refractivity contribution in [1.29, 1.82) is 0 Å². The van der Waals surface area contributed by atoms with Crippen molar-refractivity contribution in [1.82, 2.24) is 15.1 Å². The fraction of sp³-hybridized carbons (Fsp3) is 0.316. The molecule has 0 saturated carbocycles. The van der Waals surface area contributed by atoms with Crippen LogP contribution in [0.4, 0.5) is 13.2 Å². The van der Waals surface area contributed by atoms with E-state index in [2.05, 4.69) is 10.4 Å². The second-order valence-corrected chi connectivity index (χ2v) is 6.47. The summed E-state index contributed by atoms with van der Waals surface area (Å²) >= 11 is 0. The Labute approximate surface area is 160 Å². The molecule has 144 valence electrons. The zero-order chi connectivity index (χ0) is 18.1. The fourth-order valence-corrected chi connectivity index (χ4v) is 3.30. The number of nitrogens with one attached hydrogen (secondary N) is 1. The SMILES string of the molecule is Cl.Fc1ccc(-n2nc(OC[C@H]3CCCNC3)c3c(F)cccc32)c(F)c1. The summed E-state index contributed by atoms with van der Waals surface area (Å²) < 4.78 is 48.9. The Balaban J connectivity index is 0.00000210. The van der Waals surface area contributed by atoms with Gasteiger partial charge in [0.15, 0.2) is 5.82 Å². The van der Waals surface area contributed by atoms with Crippen molar-refractivity contribution >= 4 is 23.3 Å². The highest BCUT2D eigenvalue weighted by molar-refractivity contribution is 5.86. The lowest BCUT2D eigenvalue weighted by Gasteiger charge is -2.22. The van der Waals surface area contributed by atoms with Crippen LogP contribution >= 0.6 is 12.4 Å². The Morgan fingerprint density at radius 1 is 1.15 bits per heavy atom. The number of halogens is 4. The number of hydrogen-bond donors (Lipinski definition) is 1. The lowest BCUT2D eigenvalue weighted by atomic mass is 10.0. The highest BCUT2D eigenvalue weighted by Crippen LogP contribution is 2.31. The molecule has 27 heavy (non-hydrogen) atoms. The van der Waals surface area contributed by atoms with Crippen LogP contribution in [0.25, 0.3) is 16.6 Å². The molecule has 4 nitrogen and oxygen atoms in total. The van der Waals surface area contributed by atoms with Gasteiger partial charge in [-0.05, 0) is 43.7 Å². The molecule has 0 aliphatic carbocycles. The smallest absolute Gasteiger partial charge is 0.244 e. The van der Waals surface area contributed by atoms with E-state index in [0.29, 0.717) is 18.0 Å². The summed E-state index contributed by atoms with van der Waals surface area (Å²) in [6.07, 6.45) is 2.10. The van der Waals surface area contributed by atoms with Crippen molar-refractivity contribution in [3.8, 4) is 11.6 Å². The second kappa shape index (κ2) is 8.19. The summed E-state index contributed by atoms with van der Waals surface area (Å²) in [6, 6.07) is 7.65. The number of aromatic nitrogens is 2. The van der Waals surface area contributed by atoms with E-state index in [1.807, 2.05) is 0 Å². The van der Waals surface area contributed by atoms with E-state index < -0.39 is 17.5 Å². The van der Waals surface area contributed by atoms with Gasteiger partial charge in [0.1, 0.15) is 17.3 Å². The predicted molar refractivity (Wildman–Crippen MR) is 99.3 cm³/mol. The molecular weight excluding hydrogens is 379 g/mol. The van der Waals surface area contributed by atoms with Gasteiger partial charge in [0.2, 0.25) is 5.88 Å². The first-order valence-corrected chi connectivity index (χ1v) is 8.59. The zero-order valence-corrected chi connectivity index (χ0v) is 15.2. The van der Waals surface area contributed by atoms with Crippen molar-refractivity contribution in [2.45, 2.75) is 12.8 Å². The maximum atomic E-state index is 14.4. The van der Waals surface area contributed by atoms with Crippen LogP contribution in [0.5, 0.6) is 5.88 Å². The first kappa shape index (κ1) is 19.5. The van der Waals surface area contributed by atoms with Gasteiger partial charge in [-0.1, -0.05) is 6.07 Å². The van der Waals surface area contributed by atoms with Gasteiger partial charge in [-0.25, -0.2) is 17.9 Å². The van der Waals surface area contributed by atoms with E-state index in [1.54, 1.807) is 6.07 Å². The molecule has 1 fully saturated rings. The lowest BCUT2D eigenvalue weighted by Crippen LogP contribution is -2.33. The maximum Gasteiger partial charge on any atom is 0.244 e. The van der Waals surface area contributed by atoms with E-state index in [1.165, 1.54) is 22.9 Å². The summed E-state index contributed by atoms with van der Waals surface area (Å²) in [5.74, 6) is -1.52. The van der Waals surface area contributed by atoms with E-state index in [4.69, 9.17) is 4.74 Å². The van der Waals surface area contributed by atoms with Crippen molar-refractivity contribution in [2.24, 2.45) is 5.92 Å². The van der Waals surface area contributed by atoms with Gasteiger partial charge in [0.25, 0.3) is 0 Å². The van der Waals surface area contributed by atoms with Crippen LogP contribution in [-0.4, -0.2) is 29.5 Å². The van der Waals surface area contributed by atoms with Crippen molar-refractivity contribution in [3.05, 3.63) is 53.8 Å². The molecule has 0 bridgehead atoms. The van der Waals surface area contributed by atoms with E-state index in [9.17, 15) is 13.2 Å². The Morgan fingerprint density at radius 3 is 2.74 bits per heavy atom. The molecule has 0 amide bonds. The van der Waals surface area contributed by atoms with Crippen LogP contribution in [-0.2, 0) is 0 Å². The molecule has 0 radical (unpaired) electrons. The Bertz CT molecular complexity index is 941. The fourth-order valence-electron chi connectivity index (χ4n) is 3.30. The quantitative estimate of drug-likeness (QED) is 0.715. The molecule has 0 unspecified atom stereocenters. The van der Waals surface area contributed by atoms with Crippen LogP contribution in [0.15, 0.2) is 36.4 Å². The Kier molecular flexibility index (Phi) is 5.92. The van der Waals surface area contributed by atoms with Crippen LogP contribution in [0.3, 0.4) is 0 Å². The molecule has 1 N–H and O–H groups in total. The summed E-state index contributed by atoms with van der Waals surface area (Å²) in [4.78, 5) is 0. The molecule has 2 heterocycles. The van der Waals surface area contributed by atoms with Crippen LogP contribution < -0.4 is 10.1 Å². The van der Waals surface area contributed by atoms with Gasteiger partial charge in [-0.3, -0.25) is 0 Å². The monoisotopic (exact) mass is 397 g/mol. The lowest BCUT2D eigenvalue weighted by molar-refractivity contribution is 0.213. The number of rotatable bonds is 4. The van der Waals surface area contributed by atoms with E-state index in [-0.39, 0.29) is 29.4 Å². The average molecular weight is 398 g/mol. The van der Waals surface area contributed by atoms with Crippen molar-refractivity contribution in [2.75, 3.05) is 19.7 Å². The summed E-state index contributed by atoms with van der Waals surface area (Å²) in [5, 5.41) is 7.76. The van der Waals surface area contributed by atoms with E-state index >= 15 is 0 Å². The van der Waals surface area contributed by atoms with Gasteiger partial charge in [0.05, 0.1) is 17.5 Å². The largest absolute Gasteiger partial charge is 0.476 e. The Hall–Kier alpha value is -2.25. The summed E-state index contributed by atoms with van der Waals surface area (Å²) in [6.45, 7) is 2.24. The predicted octanol–water partition coefficient (Wildman–Crippen LogP) is 4.24. The zero-order valence-electron chi connectivity index (χ0n) is 14.4. The molecule has 1 aromatic heterocycles. The standard InChI is InChI=1S/C19H18F3N3O.ClH/c20-13-6-7-16(15(22)9-13)25-17-5-1-4-14(21)18(17)19(24-25)26-11-12-3-2-8-23-10-12;/h1,4-7,9,12,23H,2-3,8,10-11H2;1H/t12-;/m0./s1. The normalized spacial score (nSPS) is 16.9. The molecule has 8 heteroatoms. The third-order valence-electron chi connectivity index (χ3n) is 4.62. The topological polar surface area (TPSA) is 39.1 Å². The number of fused-ring (bicyclic) bond motifs is 1. The minimum Gasteiger partial charge on any atom is -0.476 e. The van der Waals surface area contributed by atoms with Gasteiger partial charge in [-0.15, -0.1) is 17.5 Å². The molecule has 4 rings (SSSR count). The van der Waals surface area contributed by atoms with Crippen molar-refractivity contribution in [3.63, 3.8) is 0 Å². The number of nitrogens with zero attached hydrogens (tertiary/aromatic N) is 2. The van der Waals surface area contributed by atoms with Gasteiger partial charge in [-0.2, -0.15) is 0 Å². The molecule has 1 atom stereocenters. The molecule has 0 spiro atoms. The average Bonchev–Trinajstić information content (AvgIpc) is 3.01. The molecule has 2 aromatic carbocycles. The summed E-state index contributed by atoms with van der Waals surface area (Å²) in [5.41, 5.74) is 0.406. The third kappa shape index (κ3) is 3.89. The minimum atomic E-state index is -0.776. The highest BCUT2D eigenvalue weighted by atomic mass is 35.5. The van der Waals surface area contributed by atoms with Crippen LogP contribution in [0.2, 0.25) is 0 Å². The van der Waals surface area contributed by atoms with Gasteiger partial charge in [0, 0.05) is 18.5 Å². The summed E-state index contributed by atoms with van der Waals surface area (Å²) in [7, 11) is 0. The minimum absolute atomic E-state index is 0. The molecule has 1 aliphatic heterocycles. The van der Waals surface area contributed by atoms with Crippen LogP contribution in [0, 0.1) is 23.4 Å². The third-order valence-corrected chi connectivity index (χ3v) is 4.62. The number of hydrogen-bond acceptors (Lipinski definition) is 3. The van der Waals surface area contributed by atoms with Gasteiger partial charge < -0.3 is 10.1 Å². The number of ether oxygens (including phenoxy) is 1. The van der Waals surface area contributed by atoms with E-state index in [0.717, 1.165) is 38.1 Å². The highest BCUT2D eigenvalue weighted by Gasteiger charge is 2.21. The Morgan fingerprint density at radius 2 is 2.00 bits per heavy atom. The van der Waals surface area contributed by atoms with Crippen molar-refractivity contribution < 1.29 is 17.9 Å². The number of benzene rings is 2. The first-order valence-electron chi connectivity index (χ1n) is 8.59. The number of piperidine rings is 1. The molecule has 1 saturated heterocycles. The molecular formula is C19H19ClF3N3O.